The topological polar surface area (TPSA) is 88.2 Å². The van der Waals surface area contributed by atoms with E-state index in [1.165, 1.54) is 18.5 Å². The van der Waals surface area contributed by atoms with Gasteiger partial charge >= 0.3 is 0 Å². The molecule has 0 bridgehead atoms. The summed E-state index contributed by atoms with van der Waals surface area (Å²) in [5.74, 6) is -0.527. The summed E-state index contributed by atoms with van der Waals surface area (Å²) < 4.78 is 0. The first-order valence-corrected chi connectivity index (χ1v) is 5.88. The smallest absolute Gasteiger partial charge is 0.259 e. The molecule has 0 spiro atoms. The molecule has 2 aromatic rings. The highest BCUT2D eigenvalue weighted by Gasteiger charge is 2.10. The van der Waals surface area contributed by atoms with Gasteiger partial charge in [0.1, 0.15) is 5.75 Å². The van der Waals surface area contributed by atoms with E-state index in [1.54, 1.807) is 12.1 Å². The Kier molecular flexibility index (Phi) is 3.77. The van der Waals surface area contributed by atoms with Crippen LogP contribution in [0.2, 0.25) is 0 Å². The van der Waals surface area contributed by atoms with Crippen LogP contribution in [0.3, 0.4) is 0 Å². The minimum atomic E-state index is -0.381. The fourth-order valence-corrected chi connectivity index (χ4v) is 1.65. The van der Waals surface area contributed by atoms with E-state index in [2.05, 4.69) is 10.3 Å². The van der Waals surface area contributed by atoms with E-state index in [-0.39, 0.29) is 23.3 Å². The Morgan fingerprint density at radius 3 is 2.58 bits per heavy atom. The van der Waals surface area contributed by atoms with Crippen molar-refractivity contribution in [3.63, 3.8) is 0 Å². The van der Waals surface area contributed by atoms with Gasteiger partial charge in [0.05, 0.1) is 11.8 Å². The number of amides is 1. The fourth-order valence-electron chi connectivity index (χ4n) is 1.65. The first-order chi connectivity index (χ1) is 9.08. The molecule has 1 heterocycles. The van der Waals surface area contributed by atoms with Crippen LogP contribution in [0.25, 0.3) is 0 Å². The van der Waals surface area contributed by atoms with Gasteiger partial charge in [-0.3, -0.25) is 9.78 Å². The number of nitrogens with zero attached hydrogens (tertiary/aromatic N) is 1. The lowest BCUT2D eigenvalue weighted by atomic mass is 10.1. The second-order valence-corrected chi connectivity index (χ2v) is 4.26. The molecule has 4 N–H and O–H groups in total. The van der Waals surface area contributed by atoms with Gasteiger partial charge in [0.25, 0.3) is 5.91 Å². The van der Waals surface area contributed by atoms with Gasteiger partial charge < -0.3 is 16.2 Å². The van der Waals surface area contributed by atoms with Crippen molar-refractivity contribution in [3.8, 4) is 5.75 Å². The Morgan fingerprint density at radius 2 is 2.00 bits per heavy atom. The highest BCUT2D eigenvalue weighted by Crippen LogP contribution is 2.18. The summed E-state index contributed by atoms with van der Waals surface area (Å²) in [5, 5.41) is 12.2. The van der Waals surface area contributed by atoms with Crippen molar-refractivity contribution in [1.29, 1.82) is 0 Å². The van der Waals surface area contributed by atoms with Gasteiger partial charge in [-0.15, -0.1) is 0 Å². The molecule has 0 aliphatic carbocycles. The molecule has 0 radical (unpaired) electrons. The number of hydrogen-bond acceptors (Lipinski definition) is 4. The summed E-state index contributed by atoms with van der Waals surface area (Å²) in [6.45, 7) is 1.89. The molecular formula is C14H15N3O2. The lowest BCUT2D eigenvalue weighted by Gasteiger charge is -2.09. The molecular weight excluding hydrogens is 242 g/mol. The molecule has 0 fully saturated rings. The minimum absolute atomic E-state index is 0.0472. The fraction of sp³-hybridized carbons (Fsp3) is 0.143. The predicted octanol–water partition coefficient (Wildman–Crippen LogP) is 2.06. The van der Waals surface area contributed by atoms with Crippen molar-refractivity contribution in [3.05, 3.63) is 53.9 Å². The van der Waals surface area contributed by atoms with Crippen molar-refractivity contribution in [1.82, 2.24) is 4.98 Å². The van der Waals surface area contributed by atoms with E-state index in [0.717, 1.165) is 5.56 Å². The minimum Gasteiger partial charge on any atom is -0.505 e. The molecule has 0 saturated heterocycles. The third kappa shape index (κ3) is 3.08. The summed E-state index contributed by atoms with van der Waals surface area (Å²) in [6.07, 6.45) is 2.68. The Labute approximate surface area is 111 Å². The third-order valence-corrected chi connectivity index (χ3v) is 2.74. The molecule has 1 atom stereocenters. The van der Waals surface area contributed by atoms with Crippen LogP contribution in [-0.4, -0.2) is 16.0 Å². The van der Waals surface area contributed by atoms with Crippen LogP contribution in [0.5, 0.6) is 5.75 Å². The molecule has 98 valence electrons. The standard InChI is InChI=1S/C14H15N3O2/c1-9(15)10-2-4-11(5-3-10)17-14(19)12-6-7-16-8-13(12)18/h2-9,18H,15H2,1H3,(H,17,19). The van der Waals surface area contributed by atoms with E-state index in [9.17, 15) is 9.90 Å². The number of aromatic nitrogens is 1. The zero-order valence-corrected chi connectivity index (χ0v) is 10.5. The summed E-state index contributed by atoms with van der Waals surface area (Å²) in [6, 6.07) is 8.67. The monoisotopic (exact) mass is 257 g/mol. The predicted molar refractivity (Wildman–Crippen MR) is 72.9 cm³/mol. The average molecular weight is 257 g/mol. The second kappa shape index (κ2) is 5.49. The lowest BCUT2D eigenvalue weighted by Crippen LogP contribution is -2.12. The van der Waals surface area contributed by atoms with Crippen molar-refractivity contribution >= 4 is 11.6 Å². The molecule has 2 rings (SSSR count). The summed E-state index contributed by atoms with van der Waals surface area (Å²) in [5.41, 5.74) is 7.57. The largest absolute Gasteiger partial charge is 0.505 e. The maximum Gasteiger partial charge on any atom is 0.259 e. The van der Waals surface area contributed by atoms with E-state index in [1.807, 2.05) is 19.1 Å². The SMILES string of the molecule is CC(N)c1ccc(NC(=O)c2ccncc2O)cc1. The number of aromatic hydroxyl groups is 1. The quantitative estimate of drug-likeness (QED) is 0.785. The lowest BCUT2D eigenvalue weighted by molar-refractivity contribution is 0.102. The number of carbonyl (C=O) groups excluding carboxylic acids is 1. The molecule has 0 aliphatic heterocycles. The number of nitrogens with one attached hydrogen (secondary N) is 1. The van der Waals surface area contributed by atoms with E-state index < -0.39 is 0 Å². The van der Waals surface area contributed by atoms with Crippen LogP contribution >= 0.6 is 0 Å². The number of rotatable bonds is 3. The van der Waals surface area contributed by atoms with Crippen LogP contribution in [0.4, 0.5) is 5.69 Å². The highest BCUT2D eigenvalue weighted by atomic mass is 16.3. The number of carbonyl (C=O) groups is 1. The number of nitrogens with two attached hydrogens (primary N) is 1. The van der Waals surface area contributed by atoms with Gasteiger partial charge in [0.15, 0.2) is 0 Å². The van der Waals surface area contributed by atoms with Crippen LogP contribution < -0.4 is 11.1 Å². The number of anilines is 1. The van der Waals surface area contributed by atoms with Crippen molar-refractivity contribution in [2.45, 2.75) is 13.0 Å². The summed E-state index contributed by atoms with van der Waals surface area (Å²) >= 11 is 0. The summed E-state index contributed by atoms with van der Waals surface area (Å²) in [7, 11) is 0. The number of pyridine rings is 1. The molecule has 1 unspecified atom stereocenters. The third-order valence-electron chi connectivity index (χ3n) is 2.74. The van der Waals surface area contributed by atoms with Crippen molar-refractivity contribution in [2.75, 3.05) is 5.32 Å². The zero-order chi connectivity index (χ0) is 13.8. The van der Waals surface area contributed by atoms with Crippen LogP contribution in [0.1, 0.15) is 28.9 Å². The van der Waals surface area contributed by atoms with Crippen LogP contribution in [-0.2, 0) is 0 Å². The van der Waals surface area contributed by atoms with E-state index >= 15 is 0 Å². The maximum atomic E-state index is 11.9. The van der Waals surface area contributed by atoms with Gasteiger partial charge in [-0.1, -0.05) is 12.1 Å². The van der Waals surface area contributed by atoms with E-state index in [0.29, 0.717) is 5.69 Å². The molecule has 0 saturated carbocycles. The van der Waals surface area contributed by atoms with Crippen LogP contribution in [0, 0.1) is 0 Å². The summed E-state index contributed by atoms with van der Waals surface area (Å²) in [4.78, 5) is 15.7. The molecule has 1 amide bonds. The Balaban J connectivity index is 2.13. The van der Waals surface area contributed by atoms with Crippen molar-refractivity contribution < 1.29 is 9.90 Å². The van der Waals surface area contributed by atoms with Gasteiger partial charge in [-0.25, -0.2) is 0 Å². The average Bonchev–Trinajstić information content (AvgIpc) is 2.39. The maximum absolute atomic E-state index is 11.9. The molecule has 1 aromatic carbocycles. The van der Waals surface area contributed by atoms with Gasteiger partial charge in [0, 0.05) is 17.9 Å². The Bertz CT molecular complexity index is 579. The molecule has 1 aromatic heterocycles. The van der Waals surface area contributed by atoms with E-state index in [4.69, 9.17) is 5.73 Å². The zero-order valence-electron chi connectivity index (χ0n) is 10.5. The van der Waals surface area contributed by atoms with Crippen LogP contribution in [0.15, 0.2) is 42.7 Å². The van der Waals surface area contributed by atoms with Crippen molar-refractivity contribution in [2.24, 2.45) is 5.73 Å². The Hall–Kier alpha value is -2.40. The molecule has 19 heavy (non-hydrogen) atoms. The normalized spacial score (nSPS) is 11.9. The van der Waals surface area contributed by atoms with Gasteiger partial charge in [-0.05, 0) is 30.7 Å². The Morgan fingerprint density at radius 1 is 1.32 bits per heavy atom. The highest BCUT2D eigenvalue weighted by molar-refractivity contribution is 6.05. The molecule has 5 heteroatoms. The number of benzene rings is 1. The molecule has 5 nitrogen and oxygen atoms in total. The molecule has 0 aliphatic rings. The first-order valence-electron chi connectivity index (χ1n) is 5.88. The van der Waals surface area contributed by atoms with Gasteiger partial charge in [-0.2, -0.15) is 0 Å². The number of hydrogen-bond donors (Lipinski definition) is 3. The second-order valence-electron chi connectivity index (χ2n) is 4.26. The first kappa shape index (κ1) is 13.0. The van der Waals surface area contributed by atoms with Gasteiger partial charge in [0.2, 0.25) is 0 Å².